The van der Waals surface area contributed by atoms with E-state index in [2.05, 4.69) is 10.3 Å². The van der Waals surface area contributed by atoms with Crippen molar-refractivity contribution in [3.8, 4) is 0 Å². The number of carbonyl (C=O) groups excluding carboxylic acids is 4. The van der Waals surface area contributed by atoms with Gasteiger partial charge in [0.25, 0.3) is 0 Å². The number of pyridine rings is 1. The van der Waals surface area contributed by atoms with Crippen molar-refractivity contribution in [3.05, 3.63) is 24.5 Å². The summed E-state index contributed by atoms with van der Waals surface area (Å²) in [4.78, 5) is 61.4. The van der Waals surface area contributed by atoms with E-state index in [-0.39, 0.29) is 31.1 Å². The van der Waals surface area contributed by atoms with Gasteiger partial charge in [-0.25, -0.2) is 9.63 Å². The van der Waals surface area contributed by atoms with Crippen LogP contribution in [0, 0.1) is 0 Å². The first-order valence-electron chi connectivity index (χ1n) is 7.73. The minimum Gasteiger partial charge on any atom is -0.450 e. The van der Waals surface area contributed by atoms with Crippen molar-refractivity contribution in [3.63, 3.8) is 0 Å². The van der Waals surface area contributed by atoms with Crippen LogP contribution in [0.1, 0.15) is 12.8 Å². The Bertz CT molecular complexity index is 714. The minimum absolute atomic E-state index is 0.0906. The molecule has 10 nitrogen and oxygen atoms in total. The Labute approximate surface area is 152 Å². The average molecular weight is 381 g/mol. The van der Waals surface area contributed by atoms with E-state index in [9.17, 15) is 19.2 Å². The fourth-order valence-electron chi connectivity index (χ4n) is 2.23. The van der Waals surface area contributed by atoms with E-state index in [0.29, 0.717) is 5.23 Å². The first-order chi connectivity index (χ1) is 12.5. The molecule has 0 aliphatic carbocycles. The molecule has 26 heavy (non-hydrogen) atoms. The second kappa shape index (κ2) is 8.15. The summed E-state index contributed by atoms with van der Waals surface area (Å²) in [6.07, 6.45) is 2.50. The van der Waals surface area contributed by atoms with Gasteiger partial charge in [0.1, 0.15) is 12.6 Å². The topological polar surface area (TPSA) is 124 Å². The lowest BCUT2D eigenvalue weighted by Gasteiger charge is -2.15. The van der Waals surface area contributed by atoms with E-state index in [1.54, 1.807) is 18.5 Å². The number of nitrogens with one attached hydrogen (secondary N) is 1. The van der Waals surface area contributed by atoms with Crippen molar-refractivity contribution in [2.24, 2.45) is 0 Å². The van der Waals surface area contributed by atoms with Gasteiger partial charge in [0.15, 0.2) is 0 Å². The van der Waals surface area contributed by atoms with Crippen LogP contribution in [0.3, 0.4) is 0 Å². The summed E-state index contributed by atoms with van der Waals surface area (Å²) in [6.45, 7) is -0.167. The quantitative estimate of drug-likeness (QED) is 0.517. The van der Waals surface area contributed by atoms with Gasteiger partial charge in [-0.15, -0.1) is 11.8 Å². The first kappa shape index (κ1) is 18.1. The SMILES string of the molecule is O=C(CSc1cccnc1)NC1CON(OC(=O)C2CCC(=O)O2)C1=O. The summed E-state index contributed by atoms with van der Waals surface area (Å²) in [5.74, 6) is -2.41. The Morgan fingerprint density at radius 2 is 2.27 bits per heavy atom. The molecule has 0 aromatic carbocycles. The van der Waals surface area contributed by atoms with E-state index in [0.717, 1.165) is 4.90 Å². The van der Waals surface area contributed by atoms with Gasteiger partial charge >= 0.3 is 17.8 Å². The molecule has 2 saturated heterocycles. The van der Waals surface area contributed by atoms with Gasteiger partial charge in [0.05, 0.1) is 5.75 Å². The molecule has 1 N–H and O–H groups in total. The average Bonchev–Trinajstić information content (AvgIpc) is 3.22. The maximum atomic E-state index is 12.1. The zero-order valence-electron chi connectivity index (χ0n) is 13.5. The maximum absolute atomic E-state index is 12.1. The number of ether oxygens (including phenoxy) is 1. The molecule has 0 bridgehead atoms. The van der Waals surface area contributed by atoms with E-state index in [4.69, 9.17) is 14.4 Å². The van der Waals surface area contributed by atoms with Crippen LogP contribution in [0.15, 0.2) is 29.4 Å². The molecule has 2 fully saturated rings. The molecule has 2 aliphatic heterocycles. The van der Waals surface area contributed by atoms with Gasteiger partial charge in [0, 0.05) is 30.1 Å². The van der Waals surface area contributed by atoms with Crippen LogP contribution in [0.25, 0.3) is 0 Å². The van der Waals surface area contributed by atoms with Crippen molar-refractivity contribution in [1.29, 1.82) is 0 Å². The van der Waals surface area contributed by atoms with Crippen LogP contribution in [-0.4, -0.2) is 58.5 Å². The smallest absolute Gasteiger partial charge is 0.375 e. The molecule has 138 valence electrons. The summed E-state index contributed by atoms with van der Waals surface area (Å²) in [7, 11) is 0. The van der Waals surface area contributed by atoms with Gasteiger partial charge in [-0.2, -0.15) is 0 Å². The molecule has 0 radical (unpaired) electrons. The van der Waals surface area contributed by atoms with Crippen LogP contribution in [0.5, 0.6) is 0 Å². The molecular weight excluding hydrogens is 366 g/mol. The molecule has 3 heterocycles. The lowest BCUT2D eigenvalue weighted by atomic mass is 10.2. The predicted octanol–water partition coefficient (Wildman–Crippen LogP) is -0.404. The van der Waals surface area contributed by atoms with Crippen LogP contribution in [0.2, 0.25) is 0 Å². The monoisotopic (exact) mass is 381 g/mol. The third kappa shape index (κ3) is 4.49. The molecule has 1 aromatic rings. The molecule has 0 saturated carbocycles. The number of hydrogen-bond donors (Lipinski definition) is 1. The highest BCUT2D eigenvalue weighted by Crippen LogP contribution is 2.18. The molecule has 2 amide bonds. The number of hydrogen-bond acceptors (Lipinski definition) is 9. The number of amides is 2. The fraction of sp³-hybridized carbons (Fsp3) is 0.400. The van der Waals surface area contributed by atoms with E-state index < -0.39 is 30.0 Å². The van der Waals surface area contributed by atoms with E-state index in [1.165, 1.54) is 11.8 Å². The molecule has 1 aromatic heterocycles. The Morgan fingerprint density at radius 1 is 1.42 bits per heavy atom. The molecule has 3 rings (SSSR count). The Balaban J connectivity index is 1.44. The highest BCUT2D eigenvalue weighted by atomic mass is 32.2. The van der Waals surface area contributed by atoms with Crippen molar-refractivity contribution in [1.82, 2.24) is 15.5 Å². The number of hydroxylamine groups is 2. The minimum atomic E-state index is -1.05. The number of rotatable bonds is 6. The lowest BCUT2D eigenvalue weighted by Crippen LogP contribution is -2.44. The fourth-order valence-corrected chi connectivity index (χ4v) is 2.92. The Morgan fingerprint density at radius 3 is 2.96 bits per heavy atom. The summed E-state index contributed by atoms with van der Waals surface area (Å²) >= 11 is 1.27. The largest absolute Gasteiger partial charge is 0.450 e. The summed E-state index contributed by atoms with van der Waals surface area (Å²) in [5, 5.41) is 2.92. The number of esters is 1. The standard InChI is InChI=1S/C15H15N3O7S/c19-12(8-26-9-2-1-5-16-6-9)17-10-7-23-18(14(10)21)25-15(22)11-3-4-13(20)24-11/h1-2,5-6,10-11H,3-4,7-8H2,(H,17,19). The highest BCUT2D eigenvalue weighted by Gasteiger charge is 2.40. The Hall–Kier alpha value is -2.66. The van der Waals surface area contributed by atoms with Crippen LogP contribution >= 0.6 is 11.8 Å². The zero-order chi connectivity index (χ0) is 18.5. The van der Waals surface area contributed by atoms with Gasteiger partial charge in [-0.05, 0) is 17.4 Å². The molecule has 0 spiro atoms. The van der Waals surface area contributed by atoms with Crippen molar-refractivity contribution in [2.45, 2.75) is 29.9 Å². The van der Waals surface area contributed by atoms with Gasteiger partial charge < -0.3 is 14.9 Å². The maximum Gasteiger partial charge on any atom is 0.375 e. The van der Waals surface area contributed by atoms with Gasteiger partial charge in [-0.3, -0.25) is 19.4 Å². The van der Waals surface area contributed by atoms with Crippen LogP contribution < -0.4 is 5.32 Å². The first-order valence-corrected chi connectivity index (χ1v) is 8.72. The number of cyclic esters (lactones) is 1. The predicted molar refractivity (Wildman–Crippen MR) is 84.9 cm³/mol. The van der Waals surface area contributed by atoms with Crippen molar-refractivity contribution < 1.29 is 33.6 Å². The Kier molecular flexibility index (Phi) is 5.68. The second-order valence-corrected chi connectivity index (χ2v) is 6.46. The number of nitrogens with zero attached hydrogens (tertiary/aromatic N) is 2. The summed E-state index contributed by atoms with van der Waals surface area (Å²) < 4.78 is 4.75. The summed E-state index contributed by atoms with van der Waals surface area (Å²) in [5.41, 5.74) is 0. The number of aromatic nitrogens is 1. The summed E-state index contributed by atoms with van der Waals surface area (Å²) in [6, 6.07) is 2.60. The van der Waals surface area contributed by atoms with Crippen molar-refractivity contribution >= 4 is 35.5 Å². The molecule has 2 atom stereocenters. The van der Waals surface area contributed by atoms with Crippen molar-refractivity contribution in [2.75, 3.05) is 12.4 Å². The third-order valence-corrected chi connectivity index (χ3v) is 4.48. The lowest BCUT2D eigenvalue weighted by molar-refractivity contribution is -0.306. The molecule has 11 heteroatoms. The number of thioether (sulfide) groups is 1. The van der Waals surface area contributed by atoms with Crippen LogP contribution in [-0.2, 0) is 33.6 Å². The van der Waals surface area contributed by atoms with Gasteiger partial charge in [-0.1, -0.05) is 0 Å². The van der Waals surface area contributed by atoms with E-state index in [1.807, 2.05) is 6.07 Å². The second-order valence-electron chi connectivity index (χ2n) is 5.42. The highest BCUT2D eigenvalue weighted by molar-refractivity contribution is 8.00. The van der Waals surface area contributed by atoms with E-state index >= 15 is 0 Å². The van der Waals surface area contributed by atoms with Crippen LogP contribution in [0.4, 0.5) is 0 Å². The molecule has 2 aliphatic rings. The molecule has 2 unspecified atom stereocenters. The normalized spacial score (nSPS) is 22.2. The molecular formula is C15H15N3O7S. The zero-order valence-corrected chi connectivity index (χ0v) is 14.3. The number of carbonyl (C=O) groups is 4. The third-order valence-electron chi connectivity index (χ3n) is 3.50. The van der Waals surface area contributed by atoms with Gasteiger partial charge in [0.2, 0.25) is 12.0 Å².